The van der Waals surface area contributed by atoms with E-state index in [1.165, 1.54) is 0 Å². The van der Waals surface area contributed by atoms with E-state index in [0.29, 0.717) is 5.56 Å². The second kappa shape index (κ2) is 7.05. The van der Waals surface area contributed by atoms with E-state index in [4.69, 9.17) is 0 Å². The van der Waals surface area contributed by atoms with Crippen molar-refractivity contribution in [2.45, 2.75) is 33.6 Å². The lowest BCUT2D eigenvalue weighted by atomic mass is 9.99. The van der Waals surface area contributed by atoms with Crippen LogP contribution in [0.15, 0.2) is 24.5 Å². The van der Waals surface area contributed by atoms with Gasteiger partial charge in [0, 0.05) is 25.5 Å². The Hall–Kier alpha value is -1.38. The van der Waals surface area contributed by atoms with Crippen molar-refractivity contribution in [1.82, 2.24) is 9.88 Å². The molecule has 0 aliphatic carbocycles. The molecule has 0 bridgehead atoms. The number of piperidine rings is 1. The molecule has 1 aromatic heterocycles. The lowest BCUT2D eigenvalue weighted by molar-refractivity contribution is 0.0697. The third kappa shape index (κ3) is 3.84. The second-order valence-corrected chi connectivity index (χ2v) is 4.22. The van der Waals surface area contributed by atoms with Crippen LogP contribution in [-0.2, 0) is 0 Å². The summed E-state index contributed by atoms with van der Waals surface area (Å²) in [4.78, 5) is 17.9. The molecule has 0 atom stereocenters. The van der Waals surface area contributed by atoms with Crippen LogP contribution < -0.4 is 0 Å². The Morgan fingerprint density at radius 1 is 1.35 bits per heavy atom. The fourth-order valence-corrected chi connectivity index (χ4v) is 1.88. The predicted octanol–water partition coefficient (Wildman–Crippen LogP) is 2.98. The van der Waals surface area contributed by atoms with E-state index in [1.54, 1.807) is 18.5 Å². The summed E-state index contributed by atoms with van der Waals surface area (Å²) < 4.78 is 0. The monoisotopic (exact) mass is 234 g/mol. The molecule has 0 radical (unpaired) electrons. The maximum Gasteiger partial charge on any atom is 0.255 e. The van der Waals surface area contributed by atoms with Crippen molar-refractivity contribution < 1.29 is 4.79 Å². The molecule has 0 saturated carbocycles. The molecule has 94 valence electrons. The molecular formula is C14H22N2O. The van der Waals surface area contributed by atoms with Gasteiger partial charge in [-0.25, -0.2) is 0 Å². The third-order valence-electron chi connectivity index (χ3n) is 2.98. The Bertz CT molecular complexity index is 329. The quantitative estimate of drug-likeness (QED) is 0.748. The van der Waals surface area contributed by atoms with Crippen molar-refractivity contribution >= 4 is 5.91 Å². The van der Waals surface area contributed by atoms with Crippen LogP contribution in [0, 0.1) is 5.92 Å². The van der Waals surface area contributed by atoms with E-state index in [0.717, 1.165) is 31.8 Å². The van der Waals surface area contributed by atoms with E-state index in [1.807, 2.05) is 24.8 Å². The number of likely N-dealkylation sites (tertiary alicyclic amines) is 1. The van der Waals surface area contributed by atoms with Gasteiger partial charge in [-0.1, -0.05) is 20.8 Å². The molecule has 0 spiro atoms. The van der Waals surface area contributed by atoms with Gasteiger partial charge in [-0.15, -0.1) is 0 Å². The summed E-state index contributed by atoms with van der Waals surface area (Å²) >= 11 is 0. The van der Waals surface area contributed by atoms with Gasteiger partial charge in [-0.3, -0.25) is 9.78 Å². The Morgan fingerprint density at radius 2 is 2.00 bits per heavy atom. The van der Waals surface area contributed by atoms with Crippen LogP contribution in [0.2, 0.25) is 0 Å². The lowest BCUT2D eigenvalue weighted by Crippen LogP contribution is -2.37. The smallest absolute Gasteiger partial charge is 0.255 e. The molecule has 1 saturated heterocycles. The van der Waals surface area contributed by atoms with Crippen molar-refractivity contribution in [3.05, 3.63) is 30.1 Å². The second-order valence-electron chi connectivity index (χ2n) is 4.22. The van der Waals surface area contributed by atoms with Crippen molar-refractivity contribution in [3.8, 4) is 0 Å². The molecule has 1 amide bonds. The van der Waals surface area contributed by atoms with E-state index in [2.05, 4.69) is 11.9 Å². The first-order valence-corrected chi connectivity index (χ1v) is 6.46. The molecule has 0 unspecified atom stereocenters. The summed E-state index contributed by atoms with van der Waals surface area (Å²) in [6, 6.07) is 3.63. The first-order valence-electron chi connectivity index (χ1n) is 6.46. The Kier molecular flexibility index (Phi) is 5.67. The maximum atomic E-state index is 12.0. The zero-order valence-corrected chi connectivity index (χ0v) is 11.0. The Balaban J connectivity index is 0.000000686. The van der Waals surface area contributed by atoms with Crippen LogP contribution in [0.5, 0.6) is 0 Å². The first-order chi connectivity index (χ1) is 8.27. The summed E-state index contributed by atoms with van der Waals surface area (Å²) in [5, 5.41) is 0. The molecule has 1 fully saturated rings. The zero-order chi connectivity index (χ0) is 12.7. The number of hydrogen-bond acceptors (Lipinski definition) is 2. The first kappa shape index (κ1) is 13.7. The third-order valence-corrected chi connectivity index (χ3v) is 2.98. The number of hydrogen-bond donors (Lipinski definition) is 0. The van der Waals surface area contributed by atoms with Gasteiger partial charge in [0.05, 0.1) is 5.56 Å². The lowest BCUT2D eigenvalue weighted by Gasteiger charge is -2.30. The highest BCUT2D eigenvalue weighted by atomic mass is 16.2. The summed E-state index contributed by atoms with van der Waals surface area (Å²) in [6.07, 6.45) is 5.56. The molecule has 0 N–H and O–H groups in total. The molecule has 0 aromatic carbocycles. The maximum absolute atomic E-state index is 12.0. The number of carbonyl (C=O) groups is 1. The summed E-state index contributed by atoms with van der Waals surface area (Å²) in [6.45, 7) is 8.01. The van der Waals surface area contributed by atoms with Crippen molar-refractivity contribution in [1.29, 1.82) is 0 Å². The standard InChI is InChI=1S/C12H16N2O.C2H6/c1-10-4-7-14(8-5-10)12(15)11-3-2-6-13-9-11;1-2/h2-3,6,9-10H,4-5,7-8H2,1H3;1-2H3. The van der Waals surface area contributed by atoms with E-state index < -0.39 is 0 Å². The van der Waals surface area contributed by atoms with E-state index >= 15 is 0 Å². The van der Waals surface area contributed by atoms with Gasteiger partial charge in [0.25, 0.3) is 5.91 Å². The van der Waals surface area contributed by atoms with Crippen LogP contribution in [0.25, 0.3) is 0 Å². The minimum atomic E-state index is 0.120. The molecule has 1 aromatic rings. The van der Waals surface area contributed by atoms with E-state index in [9.17, 15) is 4.79 Å². The number of rotatable bonds is 1. The Labute approximate surface area is 104 Å². The predicted molar refractivity (Wildman–Crippen MR) is 69.9 cm³/mol. The number of nitrogens with zero attached hydrogens (tertiary/aromatic N) is 2. The molecule has 1 aliphatic rings. The SMILES string of the molecule is CC.CC1CCN(C(=O)c2cccnc2)CC1. The Morgan fingerprint density at radius 3 is 2.53 bits per heavy atom. The van der Waals surface area contributed by atoms with Crippen LogP contribution >= 0.6 is 0 Å². The van der Waals surface area contributed by atoms with Crippen LogP contribution in [0.4, 0.5) is 0 Å². The van der Waals surface area contributed by atoms with Crippen LogP contribution in [0.1, 0.15) is 44.0 Å². The molecule has 2 rings (SSSR count). The van der Waals surface area contributed by atoms with Crippen LogP contribution in [0.3, 0.4) is 0 Å². The molecule has 3 heteroatoms. The minimum absolute atomic E-state index is 0.120. The van der Waals surface area contributed by atoms with Gasteiger partial charge in [0.1, 0.15) is 0 Å². The van der Waals surface area contributed by atoms with Gasteiger partial charge in [0.2, 0.25) is 0 Å². The topological polar surface area (TPSA) is 33.2 Å². The highest BCUT2D eigenvalue weighted by Gasteiger charge is 2.21. The van der Waals surface area contributed by atoms with Gasteiger partial charge in [-0.2, -0.15) is 0 Å². The molecule has 2 heterocycles. The van der Waals surface area contributed by atoms with Crippen molar-refractivity contribution in [2.24, 2.45) is 5.92 Å². The van der Waals surface area contributed by atoms with Gasteiger partial charge >= 0.3 is 0 Å². The zero-order valence-electron chi connectivity index (χ0n) is 11.0. The van der Waals surface area contributed by atoms with E-state index in [-0.39, 0.29) is 5.91 Å². The molecular weight excluding hydrogens is 212 g/mol. The van der Waals surface area contributed by atoms with Gasteiger partial charge < -0.3 is 4.90 Å². The van der Waals surface area contributed by atoms with Crippen molar-refractivity contribution in [2.75, 3.05) is 13.1 Å². The van der Waals surface area contributed by atoms with Gasteiger partial charge in [-0.05, 0) is 30.9 Å². The molecule has 1 aliphatic heterocycles. The number of pyridine rings is 1. The molecule has 17 heavy (non-hydrogen) atoms. The summed E-state index contributed by atoms with van der Waals surface area (Å²) in [5.74, 6) is 0.873. The highest BCUT2D eigenvalue weighted by molar-refractivity contribution is 5.93. The average molecular weight is 234 g/mol. The fourth-order valence-electron chi connectivity index (χ4n) is 1.88. The average Bonchev–Trinajstić information content (AvgIpc) is 2.42. The van der Waals surface area contributed by atoms with Crippen LogP contribution in [-0.4, -0.2) is 28.9 Å². The minimum Gasteiger partial charge on any atom is -0.339 e. The number of carbonyl (C=O) groups excluding carboxylic acids is 1. The van der Waals surface area contributed by atoms with Gasteiger partial charge in [0.15, 0.2) is 0 Å². The molecule has 3 nitrogen and oxygen atoms in total. The number of aromatic nitrogens is 1. The van der Waals surface area contributed by atoms with Crippen molar-refractivity contribution in [3.63, 3.8) is 0 Å². The summed E-state index contributed by atoms with van der Waals surface area (Å²) in [7, 11) is 0. The fraction of sp³-hybridized carbons (Fsp3) is 0.571. The number of amides is 1. The highest BCUT2D eigenvalue weighted by Crippen LogP contribution is 2.17. The summed E-state index contributed by atoms with van der Waals surface area (Å²) in [5.41, 5.74) is 0.701. The largest absolute Gasteiger partial charge is 0.339 e. The normalized spacial score (nSPS) is 16.1.